The zero-order valence-corrected chi connectivity index (χ0v) is 14.3. The van der Waals surface area contributed by atoms with Crippen molar-refractivity contribution >= 4 is 0 Å². The fraction of sp³-hybridized carbons (Fsp3) is 0.526. The number of likely N-dealkylation sites (tertiary alicyclic amines) is 1. The van der Waals surface area contributed by atoms with Gasteiger partial charge in [-0.2, -0.15) is 10.4 Å². The molecule has 0 unspecified atom stereocenters. The lowest BCUT2D eigenvalue weighted by Crippen LogP contribution is -2.58. The van der Waals surface area contributed by atoms with Crippen molar-refractivity contribution in [3.05, 3.63) is 42.5 Å². The van der Waals surface area contributed by atoms with Gasteiger partial charge in [0.15, 0.2) is 0 Å². The van der Waals surface area contributed by atoms with Crippen LogP contribution in [0.2, 0.25) is 0 Å². The van der Waals surface area contributed by atoms with Gasteiger partial charge in [-0.3, -0.25) is 4.90 Å². The number of rotatable bonds is 3. The largest absolute Gasteiger partial charge is 0.372 e. The predicted octanol–water partition coefficient (Wildman–Crippen LogP) is 2.69. The van der Waals surface area contributed by atoms with Crippen LogP contribution < -0.4 is 0 Å². The summed E-state index contributed by atoms with van der Waals surface area (Å²) in [5.74, 6) is 0.860. The van der Waals surface area contributed by atoms with Crippen LogP contribution in [0.4, 0.5) is 0 Å². The number of piperidine rings is 1. The van der Waals surface area contributed by atoms with Crippen molar-refractivity contribution in [1.29, 1.82) is 5.26 Å². The highest BCUT2D eigenvalue weighted by Gasteiger charge is 2.47. The normalized spacial score (nSPS) is 27.2. The summed E-state index contributed by atoms with van der Waals surface area (Å²) in [6.45, 7) is 2.27. The van der Waals surface area contributed by atoms with Gasteiger partial charge in [-0.05, 0) is 44.2 Å². The molecule has 0 radical (unpaired) electrons. The molecule has 6 nitrogen and oxygen atoms in total. The van der Waals surface area contributed by atoms with Crippen molar-refractivity contribution in [3.63, 3.8) is 0 Å². The fourth-order valence-corrected chi connectivity index (χ4v) is 4.18. The monoisotopic (exact) mass is 337 g/mol. The minimum Gasteiger partial charge on any atom is -0.372 e. The molecule has 1 aromatic heterocycles. The van der Waals surface area contributed by atoms with Gasteiger partial charge in [0.25, 0.3) is 0 Å². The molecule has 0 bridgehead atoms. The van der Waals surface area contributed by atoms with E-state index in [1.165, 1.54) is 0 Å². The molecule has 3 heterocycles. The average Bonchev–Trinajstić information content (AvgIpc) is 3.11. The molecule has 1 spiro atoms. The first kappa shape index (κ1) is 16.2. The molecule has 6 heteroatoms. The summed E-state index contributed by atoms with van der Waals surface area (Å²) < 4.78 is 8.03. The minimum absolute atomic E-state index is 0.220. The number of hydrogen-bond acceptors (Lipinski definition) is 5. The van der Waals surface area contributed by atoms with Crippen LogP contribution in [0.15, 0.2) is 36.7 Å². The number of ether oxygens (including phenoxy) is 1. The van der Waals surface area contributed by atoms with E-state index in [2.05, 4.69) is 21.1 Å². The van der Waals surface area contributed by atoms with E-state index >= 15 is 0 Å². The Hall–Kier alpha value is -2.23. The van der Waals surface area contributed by atoms with Gasteiger partial charge in [-0.15, -0.1) is 0 Å². The van der Waals surface area contributed by atoms with Crippen LogP contribution in [0.5, 0.6) is 0 Å². The molecule has 2 aliphatic heterocycles. The highest BCUT2D eigenvalue weighted by molar-refractivity contribution is 5.30. The van der Waals surface area contributed by atoms with Crippen molar-refractivity contribution in [3.8, 4) is 11.8 Å². The topological polar surface area (TPSA) is 67.0 Å². The van der Waals surface area contributed by atoms with Crippen LogP contribution in [-0.4, -0.2) is 44.5 Å². The van der Waals surface area contributed by atoms with Crippen molar-refractivity contribution < 1.29 is 4.74 Å². The molecule has 25 heavy (non-hydrogen) atoms. The summed E-state index contributed by atoms with van der Waals surface area (Å²) in [5.41, 5.74) is 0.687. The third-order valence-electron chi connectivity index (χ3n) is 5.38. The van der Waals surface area contributed by atoms with Gasteiger partial charge < -0.3 is 4.74 Å². The van der Waals surface area contributed by atoms with E-state index in [1.807, 2.05) is 35.0 Å². The van der Waals surface area contributed by atoms with E-state index in [4.69, 9.17) is 4.74 Å². The van der Waals surface area contributed by atoms with Crippen LogP contribution in [0.3, 0.4) is 0 Å². The molecule has 2 aromatic rings. The van der Waals surface area contributed by atoms with Gasteiger partial charge in [0.2, 0.25) is 0 Å². The Bertz CT molecular complexity index is 739. The van der Waals surface area contributed by atoms with Gasteiger partial charge in [-0.25, -0.2) is 9.67 Å². The summed E-state index contributed by atoms with van der Waals surface area (Å²) in [6, 6.07) is 12.3. The second kappa shape index (κ2) is 6.95. The molecule has 4 rings (SSSR count). The van der Waals surface area contributed by atoms with Crippen LogP contribution in [0, 0.1) is 11.3 Å². The molecule has 130 valence electrons. The van der Waals surface area contributed by atoms with Crippen LogP contribution in [0.25, 0.3) is 5.69 Å². The van der Waals surface area contributed by atoms with E-state index in [1.54, 1.807) is 6.33 Å². The maximum Gasteiger partial charge on any atom is 0.146 e. The molecule has 2 saturated heterocycles. The summed E-state index contributed by atoms with van der Waals surface area (Å²) >= 11 is 0. The smallest absolute Gasteiger partial charge is 0.146 e. The van der Waals surface area contributed by atoms with E-state index in [-0.39, 0.29) is 11.6 Å². The van der Waals surface area contributed by atoms with Gasteiger partial charge >= 0.3 is 0 Å². The molecule has 2 atom stereocenters. The maximum atomic E-state index is 9.88. The highest BCUT2D eigenvalue weighted by atomic mass is 16.5. The summed E-state index contributed by atoms with van der Waals surface area (Å²) in [5, 5.41) is 14.3. The van der Waals surface area contributed by atoms with Gasteiger partial charge in [0.1, 0.15) is 18.2 Å². The molecule has 2 fully saturated rings. The van der Waals surface area contributed by atoms with Crippen molar-refractivity contribution in [2.24, 2.45) is 0 Å². The van der Waals surface area contributed by atoms with Crippen LogP contribution >= 0.6 is 0 Å². The van der Waals surface area contributed by atoms with Crippen molar-refractivity contribution in [2.75, 3.05) is 13.2 Å². The summed E-state index contributed by atoms with van der Waals surface area (Å²) in [4.78, 5) is 6.67. The molecule has 2 aliphatic rings. The molecular weight excluding hydrogens is 314 g/mol. The van der Waals surface area contributed by atoms with E-state index < -0.39 is 0 Å². The third kappa shape index (κ3) is 3.06. The number of para-hydroxylation sites is 1. The Morgan fingerprint density at radius 2 is 2.04 bits per heavy atom. The Morgan fingerprint density at radius 1 is 1.20 bits per heavy atom. The molecule has 0 aliphatic carbocycles. The number of nitriles is 1. The average molecular weight is 337 g/mol. The standard InChI is InChI=1S/C19H23N5O/c20-13-17-19(9-4-5-12-25-19)10-6-11-23(17)14-18-21-15-22-24(18)16-7-2-1-3-8-16/h1-3,7-8,15,17H,4-6,9-12,14H2/t17-,19-/m1/s1. The Labute approximate surface area is 148 Å². The SMILES string of the molecule is N#C[C@H]1N(Cc2ncnn2-c2ccccc2)CCC[C@]12CCCCO2. The number of hydrogen-bond donors (Lipinski definition) is 0. The lowest BCUT2D eigenvalue weighted by Gasteiger charge is -2.48. The summed E-state index contributed by atoms with van der Waals surface area (Å²) in [7, 11) is 0. The fourth-order valence-electron chi connectivity index (χ4n) is 4.18. The first-order valence-electron chi connectivity index (χ1n) is 9.04. The van der Waals surface area contributed by atoms with Gasteiger partial charge in [0.05, 0.1) is 23.9 Å². The third-order valence-corrected chi connectivity index (χ3v) is 5.38. The van der Waals surface area contributed by atoms with E-state index in [9.17, 15) is 5.26 Å². The molecule has 0 saturated carbocycles. The van der Waals surface area contributed by atoms with E-state index in [0.717, 1.165) is 56.8 Å². The minimum atomic E-state index is -0.303. The Balaban J connectivity index is 1.58. The Kier molecular flexibility index (Phi) is 4.51. The quantitative estimate of drug-likeness (QED) is 0.861. The van der Waals surface area contributed by atoms with Gasteiger partial charge in [-0.1, -0.05) is 18.2 Å². The van der Waals surface area contributed by atoms with E-state index in [0.29, 0.717) is 6.54 Å². The zero-order chi connectivity index (χ0) is 17.1. The second-order valence-electron chi connectivity index (χ2n) is 6.90. The first-order valence-corrected chi connectivity index (χ1v) is 9.04. The lowest BCUT2D eigenvalue weighted by atomic mass is 9.79. The number of benzene rings is 1. The maximum absolute atomic E-state index is 9.88. The van der Waals surface area contributed by atoms with Crippen molar-refractivity contribution in [1.82, 2.24) is 19.7 Å². The molecular formula is C19H23N5O. The highest BCUT2D eigenvalue weighted by Crippen LogP contribution is 2.38. The van der Waals surface area contributed by atoms with Crippen LogP contribution in [-0.2, 0) is 11.3 Å². The lowest BCUT2D eigenvalue weighted by molar-refractivity contribution is -0.138. The number of nitrogens with zero attached hydrogens (tertiary/aromatic N) is 5. The molecule has 0 N–H and O–H groups in total. The number of aromatic nitrogens is 3. The summed E-state index contributed by atoms with van der Waals surface area (Å²) in [6.07, 6.45) is 6.84. The molecule has 0 amide bonds. The Morgan fingerprint density at radius 3 is 2.80 bits per heavy atom. The van der Waals surface area contributed by atoms with Crippen molar-refractivity contribution in [2.45, 2.75) is 50.3 Å². The zero-order valence-electron chi connectivity index (χ0n) is 14.3. The predicted molar refractivity (Wildman–Crippen MR) is 92.9 cm³/mol. The first-order chi connectivity index (χ1) is 12.3. The second-order valence-corrected chi connectivity index (χ2v) is 6.90. The van der Waals surface area contributed by atoms with Crippen LogP contribution in [0.1, 0.15) is 37.9 Å². The van der Waals surface area contributed by atoms with Gasteiger partial charge in [0, 0.05) is 13.2 Å². The molecule has 1 aromatic carbocycles.